The molecule has 0 saturated carbocycles. The zero-order chi connectivity index (χ0) is 42.7. The highest BCUT2D eigenvalue weighted by molar-refractivity contribution is 5.74. The van der Waals surface area contributed by atoms with Gasteiger partial charge in [-0.05, 0) is 68.4 Å². The first-order valence-corrected chi connectivity index (χ1v) is 18.5. The van der Waals surface area contributed by atoms with Crippen molar-refractivity contribution >= 4 is 40.6 Å². The number of aromatic nitrogens is 4. The molecule has 2 fully saturated rings. The number of halogens is 6. The normalized spacial score (nSPS) is 14.8. The predicted octanol–water partition coefficient (Wildman–Crippen LogP) is 7.80. The van der Waals surface area contributed by atoms with Gasteiger partial charge in [-0.15, -0.1) is 0 Å². The SMILES string of the molecule is CCOC(=O)C1CCN(c2ncnc(NCc3cccc(C(F)(F)F)c3)c2[N+](=O)[O-])CC1.O=[N+]([O-])c1c(NCc2ccccc2C(F)(F)F)ncnc1N1CCCCC1. The molecule has 0 radical (unpaired) electrons. The van der Waals surface area contributed by atoms with Crippen LogP contribution in [0.5, 0.6) is 0 Å². The van der Waals surface area contributed by atoms with Gasteiger partial charge in [-0.1, -0.05) is 30.3 Å². The molecule has 59 heavy (non-hydrogen) atoms. The minimum Gasteiger partial charge on any atom is -0.466 e. The highest BCUT2D eigenvalue weighted by Crippen LogP contribution is 2.37. The number of nitrogens with zero attached hydrogens (tertiary/aromatic N) is 8. The van der Waals surface area contributed by atoms with Crippen molar-refractivity contribution in [1.82, 2.24) is 19.9 Å². The molecule has 0 unspecified atom stereocenters. The molecule has 4 aromatic rings. The Morgan fingerprint density at radius 2 is 1.32 bits per heavy atom. The van der Waals surface area contributed by atoms with E-state index in [1.165, 1.54) is 36.7 Å². The summed E-state index contributed by atoms with van der Waals surface area (Å²) in [6.45, 7) is 3.72. The third-order valence-electron chi connectivity index (χ3n) is 9.52. The quantitative estimate of drug-likeness (QED) is 0.0607. The molecular weight excluding hydrogens is 794 g/mol. The van der Waals surface area contributed by atoms with Gasteiger partial charge in [0.15, 0.2) is 0 Å². The highest BCUT2D eigenvalue weighted by Gasteiger charge is 2.35. The number of anilines is 4. The van der Waals surface area contributed by atoms with Gasteiger partial charge in [0.2, 0.25) is 23.3 Å². The number of ether oxygens (including phenoxy) is 1. The second-order valence-electron chi connectivity index (χ2n) is 13.4. The van der Waals surface area contributed by atoms with Gasteiger partial charge in [0.25, 0.3) is 0 Å². The van der Waals surface area contributed by atoms with Gasteiger partial charge >= 0.3 is 29.7 Å². The van der Waals surface area contributed by atoms with Crippen molar-refractivity contribution in [1.29, 1.82) is 0 Å². The fourth-order valence-corrected chi connectivity index (χ4v) is 6.66. The summed E-state index contributed by atoms with van der Waals surface area (Å²) in [5.41, 5.74) is -2.00. The summed E-state index contributed by atoms with van der Waals surface area (Å²) in [4.78, 5) is 53.5. The van der Waals surface area contributed by atoms with Crippen molar-refractivity contribution in [3.63, 3.8) is 0 Å². The minimum atomic E-state index is -4.51. The van der Waals surface area contributed by atoms with Crippen LogP contribution in [0.2, 0.25) is 0 Å². The lowest BCUT2D eigenvalue weighted by molar-refractivity contribution is -0.383. The lowest BCUT2D eigenvalue weighted by Gasteiger charge is -2.31. The summed E-state index contributed by atoms with van der Waals surface area (Å²) in [5.74, 6) is -0.448. The molecule has 0 amide bonds. The Morgan fingerprint density at radius 1 is 0.763 bits per heavy atom. The van der Waals surface area contributed by atoms with Crippen LogP contribution in [0.3, 0.4) is 0 Å². The van der Waals surface area contributed by atoms with E-state index in [9.17, 15) is 51.4 Å². The molecule has 316 valence electrons. The first-order valence-electron chi connectivity index (χ1n) is 18.5. The van der Waals surface area contributed by atoms with Gasteiger partial charge in [0.05, 0.1) is 33.5 Å². The van der Waals surface area contributed by atoms with Gasteiger partial charge in [-0.2, -0.15) is 26.3 Å². The molecule has 22 heteroatoms. The Bertz CT molecular complexity index is 2090. The van der Waals surface area contributed by atoms with Crippen molar-refractivity contribution in [2.24, 2.45) is 5.92 Å². The molecule has 4 heterocycles. The number of piperidine rings is 2. The third-order valence-corrected chi connectivity index (χ3v) is 9.52. The van der Waals surface area contributed by atoms with Gasteiger partial charge in [-0.3, -0.25) is 25.0 Å². The van der Waals surface area contributed by atoms with Crippen LogP contribution in [-0.2, 0) is 35.0 Å². The Balaban J connectivity index is 0.000000227. The number of alkyl halides is 6. The summed E-state index contributed by atoms with van der Waals surface area (Å²) in [6, 6.07) is 9.77. The van der Waals surface area contributed by atoms with E-state index >= 15 is 0 Å². The zero-order valence-electron chi connectivity index (χ0n) is 31.6. The van der Waals surface area contributed by atoms with Crippen LogP contribution in [0.25, 0.3) is 0 Å². The van der Waals surface area contributed by atoms with E-state index in [1.807, 2.05) is 4.90 Å². The van der Waals surface area contributed by atoms with Gasteiger partial charge in [-0.25, -0.2) is 19.9 Å². The minimum absolute atomic E-state index is 0.0163. The molecule has 16 nitrogen and oxygen atoms in total. The fourth-order valence-electron chi connectivity index (χ4n) is 6.66. The van der Waals surface area contributed by atoms with Gasteiger partial charge in [0, 0.05) is 39.3 Å². The number of hydrogen-bond donors (Lipinski definition) is 2. The molecule has 2 saturated heterocycles. The summed E-state index contributed by atoms with van der Waals surface area (Å²) in [6.07, 6.45) is -2.85. The summed E-state index contributed by atoms with van der Waals surface area (Å²) < 4.78 is 83.1. The Labute approximate surface area is 333 Å². The second kappa shape index (κ2) is 19.4. The molecule has 0 aliphatic carbocycles. The van der Waals surface area contributed by atoms with Crippen LogP contribution < -0.4 is 20.4 Å². The number of benzene rings is 2. The number of esters is 1. The van der Waals surface area contributed by atoms with E-state index in [1.54, 1.807) is 11.8 Å². The van der Waals surface area contributed by atoms with Crippen LogP contribution in [0.1, 0.15) is 61.3 Å². The summed E-state index contributed by atoms with van der Waals surface area (Å²) >= 11 is 0. The van der Waals surface area contributed by atoms with E-state index in [0.29, 0.717) is 44.6 Å². The smallest absolute Gasteiger partial charge is 0.416 e. The lowest BCUT2D eigenvalue weighted by Crippen LogP contribution is -2.37. The molecule has 6 rings (SSSR count). The Hall–Kier alpha value is -6.35. The van der Waals surface area contributed by atoms with Crippen LogP contribution in [0.4, 0.5) is 61.0 Å². The van der Waals surface area contributed by atoms with Crippen LogP contribution in [0.15, 0.2) is 61.2 Å². The van der Waals surface area contributed by atoms with Crippen LogP contribution in [-0.4, -0.2) is 68.5 Å². The van der Waals surface area contributed by atoms with E-state index in [4.69, 9.17) is 4.74 Å². The maximum Gasteiger partial charge on any atom is 0.416 e. The van der Waals surface area contributed by atoms with Crippen molar-refractivity contribution in [2.45, 2.75) is 64.5 Å². The first kappa shape index (κ1) is 43.8. The number of rotatable bonds is 12. The van der Waals surface area contributed by atoms with Crippen LogP contribution >= 0.6 is 0 Å². The topological polar surface area (TPSA) is 195 Å². The second-order valence-corrected chi connectivity index (χ2v) is 13.4. The zero-order valence-corrected chi connectivity index (χ0v) is 31.6. The first-order chi connectivity index (χ1) is 28.1. The van der Waals surface area contributed by atoms with E-state index in [2.05, 4.69) is 30.6 Å². The third kappa shape index (κ3) is 11.4. The highest BCUT2D eigenvalue weighted by atomic mass is 19.4. The average molecular weight is 835 g/mol. The van der Waals surface area contributed by atoms with Crippen molar-refractivity contribution in [3.05, 3.63) is 104 Å². The van der Waals surface area contributed by atoms with Crippen molar-refractivity contribution in [3.8, 4) is 0 Å². The Kier molecular flexibility index (Phi) is 14.4. The number of nitrogens with one attached hydrogen (secondary N) is 2. The van der Waals surface area contributed by atoms with E-state index in [-0.39, 0.29) is 71.8 Å². The summed E-state index contributed by atoms with van der Waals surface area (Å²) in [5, 5.41) is 28.8. The van der Waals surface area contributed by atoms with E-state index < -0.39 is 33.3 Å². The molecule has 2 aromatic heterocycles. The molecule has 0 spiro atoms. The molecule has 2 aliphatic rings. The molecule has 0 atom stereocenters. The molecule has 2 N–H and O–H groups in total. The number of carbonyl (C=O) groups excluding carboxylic acids is 1. The fraction of sp³-hybridized carbons (Fsp3) is 0.432. The van der Waals surface area contributed by atoms with Gasteiger partial charge in [0.1, 0.15) is 12.7 Å². The standard InChI is InChI=1S/C20H22F3N5O4.C17H18F3N5O2/c1-2-32-19(29)14-6-8-27(9-7-14)18-16(28(30)31)17(25-12-26-18)24-11-13-4-3-5-15(10-13)20(21,22)23;18-17(19,20)13-7-3-2-6-12(13)10-21-15-14(25(26)27)16(23-11-22-15)24-8-4-1-5-9-24/h3-5,10,12,14H,2,6-9,11H2,1H3,(H,24,25,26);2-3,6-7,11H,1,4-5,8-10H2,(H,21,22,23). The summed E-state index contributed by atoms with van der Waals surface area (Å²) in [7, 11) is 0. The van der Waals surface area contributed by atoms with E-state index in [0.717, 1.165) is 43.8 Å². The van der Waals surface area contributed by atoms with Crippen molar-refractivity contribution < 1.29 is 45.7 Å². The number of hydrogen-bond acceptors (Lipinski definition) is 14. The number of carbonyl (C=O) groups is 1. The molecular formula is C37H40F6N10O6. The van der Waals surface area contributed by atoms with Crippen molar-refractivity contribution in [2.75, 3.05) is 53.2 Å². The monoisotopic (exact) mass is 834 g/mol. The predicted molar refractivity (Wildman–Crippen MR) is 203 cm³/mol. The van der Waals surface area contributed by atoms with Gasteiger partial charge < -0.3 is 25.2 Å². The average Bonchev–Trinajstić information content (AvgIpc) is 3.22. The van der Waals surface area contributed by atoms with Crippen LogP contribution in [0, 0.1) is 26.1 Å². The number of nitro groups is 2. The maximum absolute atomic E-state index is 13.1. The molecule has 0 bridgehead atoms. The Morgan fingerprint density at radius 3 is 1.86 bits per heavy atom. The molecule has 2 aromatic carbocycles. The lowest BCUT2D eigenvalue weighted by atomic mass is 9.97. The largest absolute Gasteiger partial charge is 0.466 e. The molecule has 2 aliphatic heterocycles. The maximum atomic E-state index is 13.1.